The predicted molar refractivity (Wildman–Crippen MR) is 93.5 cm³/mol. The second-order valence-corrected chi connectivity index (χ2v) is 6.73. The monoisotopic (exact) mass is 346 g/mol. The number of rotatable bonds is 7. The molecular formula is C19H26N2O4. The molecule has 1 unspecified atom stereocenters. The lowest BCUT2D eigenvalue weighted by Gasteiger charge is -2.19. The van der Waals surface area contributed by atoms with E-state index in [0.29, 0.717) is 45.2 Å². The van der Waals surface area contributed by atoms with Gasteiger partial charge in [-0.15, -0.1) is 0 Å². The highest BCUT2D eigenvalue weighted by molar-refractivity contribution is 5.79. The highest BCUT2D eigenvalue weighted by Crippen LogP contribution is 2.21. The van der Waals surface area contributed by atoms with Gasteiger partial charge < -0.3 is 19.3 Å². The third-order valence-electron chi connectivity index (χ3n) is 4.69. The minimum atomic E-state index is -0.228. The van der Waals surface area contributed by atoms with Gasteiger partial charge >= 0.3 is 6.09 Å². The van der Waals surface area contributed by atoms with Gasteiger partial charge in [-0.3, -0.25) is 4.79 Å². The number of cyclic esters (lactones) is 1. The first kappa shape index (κ1) is 17.6. The number of carbonyl (C=O) groups excluding carboxylic acids is 2. The number of hydrogen-bond donors (Lipinski definition) is 0. The van der Waals surface area contributed by atoms with Gasteiger partial charge in [0, 0.05) is 19.6 Å². The second kappa shape index (κ2) is 8.23. The molecule has 1 aromatic rings. The maximum Gasteiger partial charge on any atom is 0.409 e. The summed E-state index contributed by atoms with van der Waals surface area (Å²) < 4.78 is 10.6. The fraction of sp³-hybridized carbons (Fsp3) is 0.579. The van der Waals surface area contributed by atoms with E-state index in [9.17, 15) is 9.59 Å². The van der Waals surface area contributed by atoms with E-state index >= 15 is 0 Å². The van der Waals surface area contributed by atoms with Crippen LogP contribution in [0.3, 0.4) is 0 Å². The second-order valence-electron chi connectivity index (χ2n) is 6.73. The summed E-state index contributed by atoms with van der Waals surface area (Å²) in [6.07, 6.45) is 2.06. The summed E-state index contributed by atoms with van der Waals surface area (Å²) in [7, 11) is 0. The molecule has 3 rings (SSSR count). The molecule has 136 valence electrons. The van der Waals surface area contributed by atoms with Gasteiger partial charge in [-0.05, 0) is 36.5 Å². The zero-order valence-electron chi connectivity index (χ0n) is 14.8. The maximum atomic E-state index is 12.6. The van der Waals surface area contributed by atoms with E-state index in [0.717, 1.165) is 30.7 Å². The molecule has 25 heavy (non-hydrogen) atoms. The molecule has 0 aromatic heterocycles. The number of benzene rings is 1. The Morgan fingerprint density at radius 1 is 1.36 bits per heavy atom. The molecule has 2 aliphatic rings. The smallest absolute Gasteiger partial charge is 0.409 e. The number of ether oxygens (including phenoxy) is 2. The molecule has 0 spiro atoms. The van der Waals surface area contributed by atoms with Crippen molar-refractivity contribution in [3.05, 3.63) is 29.8 Å². The van der Waals surface area contributed by atoms with Gasteiger partial charge in [0.1, 0.15) is 12.4 Å². The average molecular weight is 346 g/mol. The molecule has 0 saturated carbocycles. The first-order valence-corrected chi connectivity index (χ1v) is 9.07. The Hall–Kier alpha value is -2.24. The van der Waals surface area contributed by atoms with Crippen molar-refractivity contribution in [2.45, 2.75) is 26.2 Å². The molecule has 0 aliphatic carbocycles. The summed E-state index contributed by atoms with van der Waals surface area (Å²) in [5.74, 6) is 1.30. The Balaban J connectivity index is 1.49. The van der Waals surface area contributed by atoms with Crippen LogP contribution in [0.15, 0.2) is 24.3 Å². The third-order valence-corrected chi connectivity index (χ3v) is 4.69. The van der Waals surface area contributed by atoms with Gasteiger partial charge in [0.15, 0.2) is 0 Å². The molecule has 1 aromatic carbocycles. The van der Waals surface area contributed by atoms with E-state index in [4.69, 9.17) is 9.47 Å². The van der Waals surface area contributed by atoms with Crippen molar-refractivity contribution in [2.75, 3.05) is 39.4 Å². The highest BCUT2D eigenvalue weighted by Gasteiger charge is 2.31. The molecule has 2 aliphatic heterocycles. The van der Waals surface area contributed by atoms with Gasteiger partial charge in [-0.2, -0.15) is 0 Å². The lowest BCUT2D eigenvalue weighted by Crippen LogP contribution is -2.34. The average Bonchev–Trinajstić information content (AvgIpc) is 3.23. The molecule has 6 heteroatoms. The van der Waals surface area contributed by atoms with E-state index in [1.807, 2.05) is 29.2 Å². The van der Waals surface area contributed by atoms with Crippen LogP contribution < -0.4 is 4.74 Å². The normalized spacial score (nSPS) is 20.0. The molecule has 0 radical (unpaired) electrons. The summed E-state index contributed by atoms with van der Waals surface area (Å²) in [5, 5.41) is 0. The predicted octanol–water partition coefficient (Wildman–Crippen LogP) is 2.32. The first-order valence-electron chi connectivity index (χ1n) is 9.07. The van der Waals surface area contributed by atoms with Crippen molar-refractivity contribution >= 4 is 12.0 Å². The molecule has 6 nitrogen and oxygen atoms in total. The van der Waals surface area contributed by atoms with Crippen LogP contribution in [0, 0.1) is 5.92 Å². The van der Waals surface area contributed by atoms with Crippen LogP contribution in [0.1, 0.15) is 25.3 Å². The fourth-order valence-electron chi connectivity index (χ4n) is 3.36. The van der Waals surface area contributed by atoms with Gasteiger partial charge in [-0.1, -0.05) is 19.1 Å². The summed E-state index contributed by atoms with van der Waals surface area (Å²) in [6.45, 7) is 6.05. The molecule has 2 fully saturated rings. The number of carbonyl (C=O) groups is 2. The van der Waals surface area contributed by atoms with E-state index in [1.54, 1.807) is 4.90 Å². The van der Waals surface area contributed by atoms with Crippen LogP contribution in [-0.2, 0) is 16.0 Å². The van der Waals surface area contributed by atoms with Gasteiger partial charge in [0.2, 0.25) is 5.91 Å². The zero-order chi connectivity index (χ0) is 17.6. The minimum absolute atomic E-state index is 0.138. The largest absolute Gasteiger partial charge is 0.494 e. The van der Waals surface area contributed by atoms with E-state index in [-0.39, 0.29) is 12.0 Å². The van der Waals surface area contributed by atoms with Crippen LogP contribution in [0.4, 0.5) is 4.79 Å². The summed E-state index contributed by atoms with van der Waals surface area (Å²) in [5.41, 5.74) is 0.977. The van der Waals surface area contributed by atoms with Crippen molar-refractivity contribution in [2.24, 2.45) is 5.92 Å². The Morgan fingerprint density at radius 2 is 2.24 bits per heavy atom. The van der Waals surface area contributed by atoms with Crippen LogP contribution in [0.5, 0.6) is 5.75 Å². The van der Waals surface area contributed by atoms with Crippen molar-refractivity contribution in [3.63, 3.8) is 0 Å². The first-order chi connectivity index (χ1) is 12.2. The molecule has 0 N–H and O–H groups in total. The zero-order valence-corrected chi connectivity index (χ0v) is 14.8. The number of amides is 2. The highest BCUT2D eigenvalue weighted by atomic mass is 16.6. The molecule has 1 atom stereocenters. The molecule has 2 saturated heterocycles. The number of hydrogen-bond acceptors (Lipinski definition) is 4. The van der Waals surface area contributed by atoms with E-state index < -0.39 is 0 Å². The van der Waals surface area contributed by atoms with Crippen LogP contribution in [0.2, 0.25) is 0 Å². The Morgan fingerprint density at radius 3 is 3.00 bits per heavy atom. The van der Waals surface area contributed by atoms with Gasteiger partial charge in [0.05, 0.1) is 19.6 Å². The van der Waals surface area contributed by atoms with Crippen molar-refractivity contribution in [3.8, 4) is 5.75 Å². The Kier molecular flexibility index (Phi) is 5.79. The molecule has 0 bridgehead atoms. The van der Waals surface area contributed by atoms with Gasteiger partial charge in [-0.25, -0.2) is 4.79 Å². The lowest BCUT2D eigenvalue weighted by atomic mass is 10.1. The Labute approximate surface area is 148 Å². The summed E-state index contributed by atoms with van der Waals surface area (Å²) in [4.78, 5) is 27.8. The number of nitrogens with zero attached hydrogens (tertiary/aromatic N) is 2. The van der Waals surface area contributed by atoms with Crippen LogP contribution in [-0.4, -0.2) is 61.2 Å². The van der Waals surface area contributed by atoms with Crippen molar-refractivity contribution in [1.82, 2.24) is 9.80 Å². The van der Waals surface area contributed by atoms with Gasteiger partial charge in [0.25, 0.3) is 0 Å². The van der Waals surface area contributed by atoms with Crippen LogP contribution in [0.25, 0.3) is 0 Å². The SMILES string of the molecule is CCCOc1cccc(CC(=O)N2CCC(CN3CCOC3=O)C2)c1. The van der Waals surface area contributed by atoms with Crippen LogP contribution >= 0.6 is 0 Å². The summed E-state index contributed by atoms with van der Waals surface area (Å²) >= 11 is 0. The lowest BCUT2D eigenvalue weighted by molar-refractivity contribution is -0.129. The molecule has 2 amide bonds. The third kappa shape index (κ3) is 4.65. The molecule has 2 heterocycles. The van der Waals surface area contributed by atoms with Crippen molar-refractivity contribution in [1.29, 1.82) is 0 Å². The quantitative estimate of drug-likeness (QED) is 0.760. The van der Waals surface area contributed by atoms with E-state index in [1.165, 1.54) is 0 Å². The fourth-order valence-corrected chi connectivity index (χ4v) is 3.36. The van der Waals surface area contributed by atoms with E-state index in [2.05, 4.69) is 6.92 Å². The minimum Gasteiger partial charge on any atom is -0.494 e. The standard InChI is InChI=1S/C19H26N2O4/c1-2-9-24-17-5-3-4-15(11-17)12-18(22)20-7-6-16(13-20)14-21-8-10-25-19(21)23/h3-5,11,16H,2,6-10,12-14H2,1H3. The Bertz CT molecular complexity index is 619. The summed E-state index contributed by atoms with van der Waals surface area (Å²) in [6, 6.07) is 7.76. The maximum absolute atomic E-state index is 12.6. The molecular weight excluding hydrogens is 320 g/mol. The number of likely N-dealkylation sites (tertiary alicyclic amines) is 1. The topological polar surface area (TPSA) is 59.1 Å². The van der Waals surface area contributed by atoms with Crippen molar-refractivity contribution < 1.29 is 19.1 Å².